The van der Waals surface area contributed by atoms with Gasteiger partial charge in [-0.2, -0.15) is 5.26 Å². The van der Waals surface area contributed by atoms with E-state index >= 15 is 0 Å². The molecule has 52 heavy (non-hydrogen) atoms. The number of hydrogen-bond donors (Lipinski definition) is 0. The molecule has 0 N–H and O–H groups in total. The lowest BCUT2D eigenvalue weighted by Crippen LogP contribution is -2.15. The Morgan fingerprint density at radius 1 is 0.577 bits per heavy atom. The maximum atomic E-state index is 9.48. The van der Waals surface area contributed by atoms with Crippen molar-refractivity contribution in [2.45, 2.75) is 88.9 Å². The van der Waals surface area contributed by atoms with Gasteiger partial charge in [-0.3, -0.25) is 0 Å². The van der Waals surface area contributed by atoms with Crippen molar-refractivity contribution in [1.82, 2.24) is 0 Å². The average molecular weight is 709 g/mol. The van der Waals surface area contributed by atoms with E-state index in [1.807, 2.05) is 36.0 Å². The molecule has 0 bridgehead atoms. The van der Waals surface area contributed by atoms with Crippen LogP contribution in [0, 0.1) is 23.2 Å². The predicted octanol–water partition coefficient (Wildman–Crippen LogP) is 14.0. The van der Waals surface area contributed by atoms with E-state index in [0.717, 1.165) is 65.7 Å². The van der Waals surface area contributed by atoms with Gasteiger partial charge >= 0.3 is 0 Å². The van der Waals surface area contributed by atoms with E-state index in [2.05, 4.69) is 124 Å². The van der Waals surface area contributed by atoms with Gasteiger partial charge in [-0.15, -0.1) is 0 Å². The molecule has 268 valence electrons. The Morgan fingerprint density at radius 2 is 1.02 bits per heavy atom. The van der Waals surface area contributed by atoms with Gasteiger partial charge in [-0.1, -0.05) is 114 Å². The Balaban J connectivity index is 1.25. The molecule has 1 aliphatic heterocycles. The van der Waals surface area contributed by atoms with Crippen LogP contribution in [0.4, 0.5) is 17.1 Å². The van der Waals surface area contributed by atoms with Crippen molar-refractivity contribution in [3.05, 3.63) is 115 Å². The second-order valence-corrected chi connectivity index (χ2v) is 15.0. The summed E-state index contributed by atoms with van der Waals surface area (Å²) in [7, 11) is 0. The molecule has 0 saturated heterocycles. The fraction of sp³-hybridized carbons (Fsp3) is 0.340. The highest BCUT2D eigenvalue weighted by Gasteiger charge is 2.26. The van der Waals surface area contributed by atoms with Gasteiger partial charge in [0.2, 0.25) is 0 Å². The summed E-state index contributed by atoms with van der Waals surface area (Å²) in [4.78, 5) is 4.69. The maximum Gasteiger partial charge on any atom is 0.119 e. The lowest BCUT2D eigenvalue weighted by Gasteiger charge is -2.33. The van der Waals surface area contributed by atoms with E-state index in [0.29, 0.717) is 17.4 Å². The molecule has 1 aliphatic rings. The molecule has 1 heterocycles. The van der Waals surface area contributed by atoms with E-state index in [1.54, 1.807) is 0 Å². The third-order valence-electron chi connectivity index (χ3n) is 10.3. The monoisotopic (exact) mass is 708 g/mol. The summed E-state index contributed by atoms with van der Waals surface area (Å²) in [6, 6.07) is 40.7. The Kier molecular flexibility index (Phi) is 13.0. The highest BCUT2D eigenvalue weighted by molar-refractivity contribution is 7.99. The van der Waals surface area contributed by atoms with E-state index in [4.69, 9.17) is 9.47 Å². The average Bonchev–Trinajstić information content (AvgIpc) is 3.20. The first kappa shape index (κ1) is 37.1. The largest absolute Gasteiger partial charge is 0.493 e. The lowest BCUT2D eigenvalue weighted by molar-refractivity contribution is 0.233. The van der Waals surface area contributed by atoms with Crippen LogP contribution in [0.2, 0.25) is 0 Å². The van der Waals surface area contributed by atoms with Crippen molar-refractivity contribution in [2.75, 3.05) is 18.1 Å². The molecule has 5 heteroatoms. The number of rotatable bonds is 17. The quantitative estimate of drug-likeness (QED) is 0.0944. The normalized spacial score (nSPS) is 13.1. The summed E-state index contributed by atoms with van der Waals surface area (Å²) in [6.07, 6.45) is 9.71. The van der Waals surface area contributed by atoms with Gasteiger partial charge in [0.25, 0.3) is 0 Å². The first-order chi connectivity index (χ1) is 25.5. The Labute approximate surface area is 315 Å². The summed E-state index contributed by atoms with van der Waals surface area (Å²) >= 11 is 1.81. The fourth-order valence-corrected chi connectivity index (χ4v) is 7.98. The molecule has 5 aromatic carbocycles. The third kappa shape index (κ3) is 9.03. The molecule has 0 amide bonds. The maximum absolute atomic E-state index is 9.48. The molecule has 0 aromatic heterocycles. The smallest absolute Gasteiger partial charge is 0.119 e. The molecule has 0 saturated carbocycles. The summed E-state index contributed by atoms with van der Waals surface area (Å²) < 4.78 is 12.4. The van der Waals surface area contributed by atoms with Crippen LogP contribution in [-0.2, 0) is 0 Å². The van der Waals surface area contributed by atoms with E-state index in [1.165, 1.54) is 59.4 Å². The SMILES string of the molecule is CCCCC(CC)COc1ccc(-c2ccc3c(c2)Sc2cc(-c4ccc(OCC(CC)CCCC)cc4)ccc2N3c2ccc(C#N)cc2)cc1. The minimum atomic E-state index is 0.604. The Bertz CT molecular complexity index is 1820. The summed E-state index contributed by atoms with van der Waals surface area (Å²) in [5.74, 6) is 3.06. The van der Waals surface area contributed by atoms with Crippen LogP contribution >= 0.6 is 11.8 Å². The lowest BCUT2D eigenvalue weighted by atomic mass is 10.0. The van der Waals surface area contributed by atoms with Crippen LogP contribution in [0.25, 0.3) is 22.3 Å². The number of unbranched alkanes of at least 4 members (excludes halogenated alkanes) is 2. The van der Waals surface area contributed by atoms with Gasteiger partial charge in [0.1, 0.15) is 11.5 Å². The number of nitriles is 1. The first-order valence-corrected chi connectivity index (χ1v) is 20.1. The zero-order valence-corrected chi connectivity index (χ0v) is 32.1. The topological polar surface area (TPSA) is 45.5 Å². The summed E-state index contributed by atoms with van der Waals surface area (Å²) in [5, 5.41) is 9.48. The zero-order valence-electron chi connectivity index (χ0n) is 31.2. The van der Waals surface area contributed by atoms with Crippen molar-refractivity contribution < 1.29 is 9.47 Å². The summed E-state index contributed by atoms with van der Waals surface area (Å²) in [6.45, 7) is 10.6. The fourth-order valence-electron chi connectivity index (χ4n) is 6.84. The Morgan fingerprint density at radius 3 is 1.42 bits per heavy atom. The van der Waals surface area contributed by atoms with Crippen LogP contribution < -0.4 is 14.4 Å². The van der Waals surface area contributed by atoms with Crippen molar-refractivity contribution in [3.8, 4) is 39.8 Å². The highest BCUT2D eigenvalue weighted by atomic mass is 32.2. The number of nitrogens with zero attached hydrogens (tertiary/aromatic N) is 2. The van der Waals surface area contributed by atoms with Gasteiger partial charge < -0.3 is 14.4 Å². The first-order valence-electron chi connectivity index (χ1n) is 19.3. The van der Waals surface area contributed by atoms with E-state index < -0.39 is 0 Å². The van der Waals surface area contributed by atoms with Crippen LogP contribution in [0.3, 0.4) is 0 Å². The van der Waals surface area contributed by atoms with Crippen LogP contribution in [0.5, 0.6) is 11.5 Å². The second-order valence-electron chi connectivity index (χ2n) is 14.0. The summed E-state index contributed by atoms with van der Waals surface area (Å²) in [5.41, 5.74) is 8.60. The van der Waals surface area contributed by atoms with Crippen LogP contribution in [0.15, 0.2) is 119 Å². The number of fused-ring (bicyclic) bond motifs is 2. The minimum absolute atomic E-state index is 0.604. The number of hydrogen-bond acceptors (Lipinski definition) is 5. The van der Waals surface area contributed by atoms with Gasteiger partial charge in [-0.25, -0.2) is 0 Å². The predicted molar refractivity (Wildman–Crippen MR) is 218 cm³/mol. The third-order valence-corrected chi connectivity index (χ3v) is 11.4. The standard InChI is InChI=1S/C47H52N2O2S/c1-5-9-11-34(7-3)32-50-42-23-15-37(16-24-42)39-19-27-44-46(29-39)52-47-30-40(20-28-45(47)49(44)41-21-13-36(31-48)14-22-41)38-17-25-43(26-18-38)51-33-35(8-4)12-10-6-2/h13-30,34-35H,5-12,32-33H2,1-4H3. The van der Waals surface area contributed by atoms with Gasteiger partial charge in [0.15, 0.2) is 0 Å². The second kappa shape index (κ2) is 18.2. The molecule has 5 aromatic rings. The Hall–Kier alpha value is -4.66. The molecule has 0 fully saturated rings. The van der Waals surface area contributed by atoms with Crippen molar-refractivity contribution in [3.63, 3.8) is 0 Å². The molecule has 2 atom stereocenters. The molecule has 2 unspecified atom stereocenters. The molecular formula is C47H52N2O2S. The van der Waals surface area contributed by atoms with Gasteiger partial charge in [-0.05, 0) is 120 Å². The van der Waals surface area contributed by atoms with Crippen LogP contribution in [-0.4, -0.2) is 13.2 Å². The molecular weight excluding hydrogens is 657 g/mol. The van der Waals surface area contributed by atoms with Gasteiger partial charge in [0, 0.05) is 15.5 Å². The molecule has 4 nitrogen and oxygen atoms in total. The number of anilines is 3. The van der Waals surface area contributed by atoms with E-state index in [9.17, 15) is 5.26 Å². The molecule has 0 radical (unpaired) electrons. The number of benzene rings is 5. The molecule has 6 rings (SSSR count). The van der Waals surface area contributed by atoms with Crippen molar-refractivity contribution in [1.29, 1.82) is 5.26 Å². The van der Waals surface area contributed by atoms with Crippen molar-refractivity contribution >= 4 is 28.8 Å². The van der Waals surface area contributed by atoms with E-state index in [-0.39, 0.29) is 0 Å². The van der Waals surface area contributed by atoms with Crippen LogP contribution in [0.1, 0.15) is 84.6 Å². The minimum Gasteiger partial charge on any atom is -0.493 e. The van der Waals surface area contributed by atoms with Crippen molar-refractivity contribution in [2.24, 2.45) is 11.8 Å². The number of ether oxygens (including phenoxy) is 2. The molecule has 0 spiro atoms. The highest BCUT2D eigenvalue weighted by Crippen LogP contribution is 2.53. The molecule has 0 aliphatic carbocycles. The zero-order chi connectivity index (χ0) is 36.3. The van der Waals surface area contributed by atoms with Gasteiger partial charge in [0.05, 0.1) is 36.2 Å².